The molecule has 1 atom stereocenters. The molecule has 1 unspecified atom stereocenters. The molecule has 0 fully saturated rings. The van der Waals surface area contributed by atoms with Crippen molar-refractivity contribution in [3.8, 4) is 11.4 Å². The van der Waals surface area contributed by atoms with Crippen LogP contribution in [0.4, 0.5) is 4.39 Å². The molecule has 0 aliphatic heterocycles. The average Bonchev–Trinajstić information content (AvgIpc) is 3.06. The van der Waals surface area contributed by atoms with E-state index in [0.29, 0.717) is 17.4 Å². The topological polar surface area (TPSA) is 62.1 Å². The summed E-state index contributed by atoms with van der Waals surface area (Å²) in [5.41, 5.74) is 0.789. The Hall–Kier alpha value is -2.80. The predicted octanol–water partition coefficient (Wildman–Crippen LogP) is 3.48. The molecule has 3 rings (SSSR count). The summed E-state index contributed by atoms with van der Waals surface area (Å²) >= 11 is 0. The highest BCUT2D eigenvalue weighted by atomic mass is 19.1. The number of halogens is 1. The molecule has 6 nitrogen and oxygen atoms in total. The maximum absolute atomic E-state index is 13.2. The molecular formula is C18H19FN4O2. The Labute approximate surface area is 145 Å². The van der Waals surface area contributed by atoms with Crippen LogP contribution in [0.1, 0.15) is 31.1 Å². The van der Waals surface area contributed by atoms with Gasteiger partial charge in [0.25, 0.3) is 0 Å². The monoisotopic (exact) mass is 342 g/mol. The third kappa shape index (κ3) is 4.00. The summed E-state index contributed by atoms with van der Waals surface area (Å²) in [5.74, 6) is 1.24. The van der Waals surface area contributed by atoms with Gasteiger partial charge in [-0.3, -0.25) is 4.98 Å². The molecule has 2 aromatic heterocycles. The fourth-order valence-corrected chi connectivity index (χ4v) is 2.47. The van der Waals surface area contributed by atoms with E-state index in [2.05, 4.69) is 15.1 Å². The lowest BCUT2D eigenvalue weighted by molar-refractivity contribution is 0.0906. The van der Waals surface area contributed by atoms with Crippen molar-refractivity contribution in [2.45, 2.75) is 26.1 Å². The Morgan fingerprint density at radius 1 is 1.24 bits per heavy atom. The van der Waals surface area contributed by atoms with E-state index in [1.807, 2.05) is 19.1 Å². The highest BCUT2D eigenvalue weighted by Crippen LogP contribution is 2.22. The van der Waals surface area contributed by atoms with Crippen LogP contribution in [0, 0.1) is 5.82 Å². The van der Waals surface area contributed by atoms with Gasteiger partial charge in [-0.2, -0.15) is 0 Å². The molecule has 1 aromatic carbocycles. The van der Waals surface area contributed by atoms with E-state index >= 15 is 0 Å². The molecule has 130 valence electrons. The molecule has 25 heavy (non-hydrogen) atoms. The van der Waals surface area contributed by atoms with Crippen molar-refractivity contribution in [1.29, 1.82) is 0 Å². The number of rotatable bonds is 7. The molecule has 7 heteroatoms. The van der Waals surface area contributed by atoms with Gasteiger partial charge in [0.05, 0.1) is 11.9 Å². The average molecular weight is 342 g/mol. The number of ether oxygens (including phenoxy) is 2. The maximum Gasteiger partial charge on any atom is 0.188 e. The van der Waals surface area contributed by atoms with Crippen LogP contribution in [0.5, 0.6) is 5.75 Å². The van der Waals surface area contributed by atoms with Gasteiger partial charge in [0.1, 0.15) is 24.3 Å². The Morgan fingerprint density at radius 2 is 2.12 bits per heavy atom. The largest absolute Gasteiger partial charge is 0.485 e. The molecular weight excluding hydrogens is 323 g/mol. The van der Waals surface area contributed by atoms with Crippen molar-refractivity contribution >= 4 is 0 Å². The molecule has 0 aliphatic carbocycles. The van der Waals surface area contributed by atoms with E-state index in [1.54, 1.807) is 36.3 Å². The van der Waals surface area contributed by atoms with Gasteiger partial charge < -0.3 is 9.47 Å². The van der Waals surface area contributed by atoms with Crippen LogP contribution >= 0.6 is 0 Å². The van der Waals surface area contributed by atoms with Gasteiger partial charge in [-0.25, -0.2) is 14.1 Å². The van der Waals surface area contributed by atoms with Crippen LogP contribution in [0.2, 0.25) is 0 Å². The third-order valence-electron chi connectivity index (χ3n) is 3.67. The van der Waals surface area contributed by atoms with E-state index in [1.165, 1.54) is 12.1 Å². The van der Waals surface area contributed by atoms with Crippen molar-refractivity contribution in [1.82, 2.24) is 19.7 Å². The molecule has 0 radical (unpaired) electrons. The molecule has 0 N–H and O–H groups in total. The van der Waals surface area contributed by atoms with E-state index < -0.39 is 0 Å². The van der Waals surface area contributed by atoms with Crippen LogP contribution in [0.15, 0.2) is 48.8 Å². The number of pyridine rings is 1. The molecule has 2 heterocycles. The van der Waals surface area contributed by atoms with Gasteiger partial charge in [0.2, 0.25) is 0 Å². The number of aromatic nitrogens is 4. The predicted molar refractivity (Wildman–Crippen MR) is 89.9 cm³/mol. The molecule has 0 saturated heterocycles. The molecule has 0 bridgehead atoms. The number of nitrogens with zero attached hydrogens (tertiary/aromatic N) is 4. The first-order chi connectivity index (χ1) is 12.2. The van der Waals surface area contributed by atoms with Gasteiger partial charge in [0, 0.05) is 19.4 Å². The van der Waals surface area contributed by atoms with Crippen LogP contribution in [-0.2, 0) is 11.3 Å². The number of hydrogen-bond donors (Lipinski definition) is 0. The van der Waals surface area contributed by atoms with Crippen molar-refractivity contribution in [2.75, 3.05) is 7.11 Å². The van der Waals surface area contributed by atoms with Gasteiger partial charge in [-0.05, 0) is 30.7 Å². The quantitative estimate of drug-likeness (QED) is 0.658. The normalized spacial score (nSPS) is 12.1. The van der Waals surface area contributed by atoms with Crippen molar-refractivity contribution < 1.29 is 13.9 Å². The zero-order valence-corrected chi connectivity index (χ0v) is 14.1. The third-order valence-corrected chi connectivity index (χ3v) is 3.67. The maximum atomic E-state index is 13.2. The Morgan fingerprint density at radius 3 is 2.80 bits per heavy atom. The van der Waals surface area contributed by atoms with Gasteiger partial charge in [-0.1, -0.05) is 13.0 Å². The fraction of sp³-hybridized carbons (Fsp3) is 0.278. The summed E-state index contributed by atoms with van der Waals surface area (Å²) in [5, 5.41) is 4.50. The lowest BCUT2D eigenvalue weighted by Crippen LogP contribution is -2.10. The minimum absolute atomic E-state index is 0.129. The Kier molecular flexibility index (Phi) is 5.35. The molecule has 0 saturated carbocycles. The second-order valence-electron chi connectivity index (χ2n) is 5.39. The van der Waals surface area contributed by atoms with Crippen LogP contribution in [-0.4, -0.2) is 26.9 Å². The first kappa shape index (κ1) is 17.0. The second kappa shape index (κ2) is 7.85. The number of benzene rings is 1. The molecule has 0 spiro atoms. The molecule has 0 amide bonds. The summed E-state index contributed by atoms with van der Waals surface area (Å²) in [6.45, 7) is 2.14. The first-order valence-corrected chi connectivity index (χ1v) is 7.98. The van der Waals surface area contributed by atoms with Gasteiger partial charge in [-0.15, -0.1) is 5.10 Å². The molecule has 3 aromatic rings. The fourth-order valence-electron chi connectivity index (χ4n) is 2.47. The lowest BCUT2D eigenvalue weighted by Gasteiger charge is -2.13. The highest BCUT2D eigenvalue weighted by Gasteiger charge is 2.20. The SMILES string of the molecule is CCC(OC)c1nc(COc2cccc(F)c2)nn1-c1cccnc1. The van der Waals surface area contributed by atoms with Gasteiger partial charge in [0.15, 0.2) is 11.6 Å². The minimum atomic E-state index is -0.350. The highest BCUT2D eigenvalue weighted by molar-refractivity contribution is 5.28. The number of hydrogen-bond acceptors (Lipinski definition) is 5. The lowest BCUT2D eigenvalue weighted by atomic mass is 10.2. The van der Waals surface area contributed by atoms with Gasteiger partial charge >= 0.3 is 0 Å². The summed E-state index contributed by atoms with van der Waals surface area (Å²) in [6.07, 6.45) is 3.95. The van der Waals surface area contributed by atoms with Crippen molar-refractivity contribution in [3.05, 3.63) is 66.3 Å². The van der Waals surface area contributed by atoms with Crippen molar-refractivity contribution in [3.63, 3.8) is 0 Å². The minimum Gasteiger partial charge on any atom is -0.485 e. The van der Waals surface area contributed by atoms with E-state index in [-0.39, 0.29) is 18.5 Å². The smallest absolute Gasteiger partial charge is 0.188 e. The second-order valence-corrected chi connectivity index (χ2v) is 5.39. The summed E-state index contributed by atoms with van der Waals surface area (Å²) in [6, 6.07) is 9.69. The van der Waals surface area contributed by atoms with Crippen molar-refractivity contribution in [2.24, 2.45) is 0 Å². The Balaban J connectivity index is 1.87. The van der Waals surface area contributed by atoms with E-state index in [9.17, 15) is 4.39 Å². The summed E-state index contributed by atoms with van der Waals surface area (Å²) in [4.78, 5) is 8.67. The number of methoxy groups -OCH3 is 1. The standard InChI is InChI=1S/C18H19FN4O2/c1-3-16(24-2)18-21-17(12-25-15-8-4-6-13(19)10-15)22-23(18)14-7-5-9-20-11-14/h4-11,16H,3,12H2,1-2H3. The van der Waals surface area contributed by atoms with Crippen LogP contribution < -0.4 is 4.74 Å². The van der Waals surface area contributed by atoms with Crippen LogP contribution in [0.25, 0.3) is 5.69 Å². The molecule has 0 aliphatic rings. The zero-order valence-electron chi connectivity index (χ0n) is 14.1. The van der Waals surface area contributed by atoms with E-state index in [0.717, 1.165) is 12.1 Å². The Bertz CT molecular complexity index is 819. The summed E-state index contributed by atoms with van der Waals surface area (Å²) < 4.78 is 26.0. The first-order valence-electron chi connectivity index (χ1n) is 7.98. The zero-order chi connectivity index (χ0) is 17.6. The summed E-state index contributed by atoms with van der Waals surface area (Å²) in [7, 11) is 1.64. The van der Waals surface area contributed by atoms with E-state index in [4.69, 9.17) is 9.47 Å². The van der Waals surface area contributed by atoms with Crippen LogP contribution in [0.3, 0.4) is 0 Å².